The number of thiazole rings is 1. The molecule has 152 valence electrons. The summed E-state index contributed by atoms with van der Waals surface area (Å²) in [4.78, 5) is 35.7. The number of nitrogens with one attached hydrogen (secondary N) is 3. The molecule has 0 saturated heterocycles. The summed E-state index contributed by atoms with van der Waals surface area (Å²) in [5.41, 5.74) is 0.539. The van der Waals surface area contributed by atoms with Crippen molar-refractivity contribution in [2.75, 3.05) is 17.2 Å². The number of amides is 2. The van der Waals surface area contributed by atoms with Crippen LogP contribution in [0, 0.1) is 5.92 Å². The van der Waals surface area contributed by atoms with E-state index in [-0.39, 0.29) is 6.42 Å². The van der Waals surface area contributed by atoms with Crippen LogP contribution in [0.5, 0.6) is 5.75 Å². The Kier molecular flexibility index (Phi) is 7.25. The van der Waals surface area contributed by atoms with Gasteiger partial charge in [0.1, 0.15) is 12.2 Å². The molecule has 2 aromatic heterocycles. The van der Waals surface area contributed by atoms with Crippen LogP contribution in [0.3, 0.4) is 0 Å². The van der Waals surface area contributed by atoms with Crippen LogP contribution in [0.25, 0.3) is 0 Å². The van der Waals surface area contributed by atoms with E-state index in [1.165, 1.54) is 23.1 Å². The zero-order valence-corrected chi connectivity index (χ0v) is 17.6. The topological polar surface area (TPSA) is 109 Å². The van der Waals surface area contributed by atoms with Crippen LogP contribution in [-0.4, -0.2) is 33.4 Å². The SMILES string of the molecule is CC(C)COc1ccccc1NC(=O)CC(=O)Nc1ncc(Sc2ncc[nH]2)s1. The van der Waals surface area contributed by atoms with E-state index in [9.17, 15) is 9.59 Å². The van der Waals surface area contributed by atoms with Gasteiger partial charge in [0, 0.05) is 12.4 Å². The van der Waals surface area contributed by atoms with Crippen LogP contribution in [0.1, 0.15) is 20.3 Å². The van der Waals surface area contributed by atoms with Crippen LogP contribution >= 0.6 is 23.1 Å². The summed E-state index contributed by atoms with van der Waals surface area (Å²) in [6.07, 6.45) is 4.72. The lowest BCUT2D eigenvalue weighted by molar-refractivity contribution is -0.123. The van der Waals surface area contributed by atoms with Crippen LogP contribution in [-0.2, 0) is 9.59 Å². The second-order valence-corrected chi connectivity index (χ2v) is 8.77. The third-order valence-corrected chi connectivity index (χ3v) is 5.39. The molecule has 1 aromatic carbocycles. The molecule has 0 fully saturated rings. The van der Waals surface area contributed by atoms with Crippen molar-refractivity contribution in [1.82, 2.24) is 15.0 Å². The number of aromatic nitrogens is 3. The fourth-order valence-corrected chi connectivity index (χ4v) is 3.97. The molecule has 0 spiro atoms. The van der Waals surface area contributed by atoms with E-state index in [1.807, 2.05) is 19.9 Å². The lowest BCUT2D eigenvalue weighted by atomic mass is 10.2. The number of imidazole rings is 1. The van der Waals surface area contributed by atoms with Gasteiger partial charge in [0.05, 0.1) is 22.7 Å². The average molecular weight is 432 g/mol. The Labute approximate surface area is 176 Å². The van der Waals surface area contributed by atoms with Gasteiger partial charge in [-0.25, -0.2) is 9.97 Å². The van der Waals surface area contributed by atoms with Crippen molar-refractivity contribution in [2.45, 2.75) is 29.6 Å². The average Bonchev–Trinajstić information content (AvgIpc) is 3.33. The van der Waals surface area contributed by atoms with Gasteiger partial charge >= 0.3 is 0 Å². The van der Waals surface area contributed by atoms with Gasteiger partial charge in [-0.1, -0.05) is 37.3 Å². The molecule has 3 aromatic rings. The number of para-hydroxylation sites is 2. The number of nitrogens with zero attached hydrogens (tertiary/aromatic N) is 2. The molecule has 0 bridgehead atoms. The first kappa shape index (κ1) is 20.9. The molecule has 3 N–H and O–H groups in total. The highest BCUT2D eigenvalue weighted by Gasteiger charge is 2.14. The molecule has 2 amide bonds. The summed E-state index contributed by atoms with van der Waals surface area (Å²) in [5, 5.41) is 6.54. The van der Waals surface area contributed by atoms with E-state index in [0.717, 1.165) is 9.37 Å². The van der Waals surface area contributed by atoms with Gasteiger partial charge in [0.25, 0.3) is 0 Å². The largest absolute Gasteiger partial charge is 0.491 e. The van der Waals surface area contributed by atoms with Crippen LogP contribution in [0.2, 0.25) is 0 Å². The first-order valence-electron chi connectivity index (χ1n) is 8.94. The van der Waals surface area contributed by atoms with Crippen molar-refractivity contribution in [3.63, 3.8) is 0 Å². The number of H-pyrrole nitrogens is 1. The van der Waals surface area contributed by atoms with Gasteiger partial charge in [0.15, 0.2) is 10.3 Å². The quantitative estimate of drug-likeness (QED) is 0.442. The first-order valence-corrected chi connectivity index (χ1v) is 10.6. The number of ether oxygens (including phenoxy) is 1. The van der Waals surface area contributed by atoms with Gasteiger partial charge in [-0.15, -0.1) is 0 Å². The predicted molar refractivity (Wildman–Crippen MR) is 113 cm³/mol. The summed E-state index contributed by atoms with van der Waals surface area (Å²) in [5.74, 6) is 0.0740. The summed E-state index contributed by atoms with van der Waals surface area (Å²) >= 11 is 2.72. The number of hydrogen-bond acceptors (Lipinski definition) is 7. The van der Waals surface area contributed by atoms with Crippen LogP contribution < -0.4 is 15.4 Å². The normalized spacial score (nSPS) is 10.7. The van der Waals surface area contributed by atoms with E-state index in [4.69, 9.17) is 4.74 Å². The third kappa shape index (κ3) is 6.61. The summed E-state index contributed by atoms with van der Waals surface area (Å²) in [7, 11) is 0. The highest BCUT2D eigenvalue weighted by molar-refractivity contribution is 8.01. The fourth-order valence-electron chi connectivity index (χ4n) is 2.22. The van der Waals surface area contributed by atoms with Crippen molar-refractivity contribution in [3.8, 4) is 5.75 Å². The standard InChI is InChI=1S/C19H21N5O3S2/c1-12(2)11-27-14-6-4-3-5-13(14)23-15(25)9-16(26)24-19-22-10-17(29-19)28-18-20-7-8-21-18/h3-8,10,12H,9,11H2,1-2H3,(H,20,21)(H,23,25)(H,22,24,26). The van der Waals surface area contributed by atoms with E-state index < -0.39 is 11.8 Å². The maximum atomic E-state index is 12.3. The molecular formula is C19H21N5O3S2. The maximum absolute atomic E-state index is 12.3. The molecule has 0 aliphatic heterocycles. The Hall–Kier alpha value is -2.85. The maximum Gasteiger partial charge on any atom is 0.235 e. The zero-order chi connectivity index (χ0) is 20.6. The third-order valence-electron chi connectivity index (χ3n) is 3.46. The van der Waals surface area contributed by atoms with Gasteiger partial charge < -0.3 is 20.4 Å². The molecule has 0 saturated carbocycles. The lowest BCUT2D eigenvalue weighted by Gasteiger charge is -2.13. The Morgan fingerprint density at radius 1 is 1.21 bits per heavy atom. The van der Waals surface area contributed by atoms with Crippen molar-refractivity contribution < 1.29 is 14.3 Å². The summed E-state index contributed by atoms with van der Waals surface area (Å²) in [6.45, 7) is 4.63. The number of rotatable bonds is 9. The minimum absolute atomic E-state index is 0.321. The molecule has 3 rings (SSSR count). The number of anilines is 2. The van der Waals surface area contributed by atoms with Crippen LogP contribution in [0.4, 0.5) is 10.8 Å². The molecule has 2 heterocycles. The molecule has 8 nitrogen and oxygen atoms in total. The van der Waals surface area contributed by atoms with Crippen molar-refractivity contribution in [2.24, 2.45) is 5.92 Å². The van der Waals surface area contributed by atoms with Crippen molar-refractivity contribution in [1.29, 1.82) is 0 Å². The number of carbonyl (C=O) groups is 2. The second kappa shape index (κ2) is 10.1. The van der Waals surface area contributed by atoms with E-state index in [2.05, 4.69) is 25.6 Å². The highest BCUT2D eigenvalue weighted by atomic mass is 32.2. The first-order chi connectivity index (χ1) is 14.0. The van der Waals surface area contributed by atoms with E-state index in [1.54, 1.807) is 36.8 Å². The van der Waals surface area contributed by atoms with Gasteiger partial charge in [-0.3, -0.25) is 9.59 Å². The lowest BCUT2D eigenvalue weighted by Crippen LogP contribution is -2.21. The van der Waals surface area contributed by atoms with E-state index in [0.29, 0.717) is 29.1 Å². The Bertz CT molecular complexity index is 956. The van der Waals surface area contributed by atoms with Crippen molar-refractivity contribution >= 4 is 45.7 Å². The Balaban J connectivity index is 1.51. The second-order valence-electron chi connectivity index (χ2n) is 6.45. The molecule has 0 unspecified atom stereocenters. The highest BCUT2D eigenvalue weighted by Crippen LogP contribution is 2.32. The fraction of sp³-hybridized carbons (Fsp3) is 0.263. The smallest absolute Gasteiger partial charge is 0.235 e. The van der Waals surface area contributed by atoms with E-state index >= 15 is 0 Å². The Morgan fingerprint density at radius 3 is 2.76 bits per heavy atom. The molecule has 0 aliphatic carbocycles. The monoisotopic (exact) mass is 431 g/mol. The minimum atomic E-state index is -0.438. The van der Waals surface area contributed by atoms with Gasteiger partial charge in [-0.2, -0.15) is 0 Å². The van der Waals surface area contributed by atoms with Crippen LogP contribution in [0.15, 0.2) is 52.2 Å². The molecule has 10 heteroatoms. The number of carbonyl (C=O) groups excluding carboxylic acids is 2. The van der Waals surface area contributed by atoms with Crippen molar-refractivity contribution in [3.05, 3.63) is 42.9 Å². The molecule has 29 heavy (non-hydrogen) atoms. The molecule has 0 aliphatic rings. The number of hydrogen-bond donors (Lipinski definition) is 3. The predicted octanol–water partition coefficient (Wildman–Crippen LogP) is 4.02. The minimum Gasteiger partial charge on any atom is -0.491 e. The molecule has 0 radical (unpaired) electrons. The Morgan fingerprint density at radius 2 is 2.00 bits per heavy atom. The summed E-state index contributed by atoms with van der Waals surface area (Å²) < 4.78 is 6.58. The zero-order valence-electron chi connectivity index (χ0n) is 16.0. The summed E-state index contributed by atoms with van der Waals surface area (Å²) in [6, 6.07) is 7.15. The molecular weight excluding hydrogens is 410 g/mol. The number of aromatic amines is 1. The molecule has 0 atom stereocenters. The van der Waals surface area contributed by atoms with Gasteiger partial charge in [-0.05, 0) is 29.8 Å². The van der Waals surface area contributed by atoms with Gasteiger partial charge in [0.2, 0.25) is 11.8 Å². The number of benzene rings is 1.